The minimum Gasteiger partial charge on any atom is -0.507 e. The van der Waals surface area contributed by atoms with Crippen LogP contribution in [0.15, 0.2) is 79.1 Å². The fourth-order valence-electron chi connectivity index (χ4n) is 3.73. The number of aromatic hydroxyl groups is 1. The van der Waals surface area contributed by atoms with Crippen LogP contribution in [0.2, 0.25) is 10.0 Å². The number of phenols is 1. The number of hydrogen-bond acceptors (Lipinski definition) is 3. The van der Waals surface area contributed by atoms with Gasteiger partial charge in [-0.25, -0.2) is 0 Å². The van der Waals surface area contributed by atoms with Crippen LogP contribution in [-0.2, 0) is 0 Å². The Morgan fingerprint density at radius 3 is 2.45 bits per heavy atom. The Kier molecular flexibility index (Phi) is 4.77. The topological polar surface area (TPSA) is 67.2 Å². The molecule has 0 spiro atoms. The summed E-state index contributed by atoms with van der Waals surface area (Å²) in [6.45, 7) is 0. The second kappa shape index (κ2) is 7.61. The maximum atomic E-state index is 12.9. The van der Waals surface area contributed by atoms with E-state index in [2.05, 4.69) is 10.3 Å². The van der Waals surface area contributed by atoms with Crippen LogP contribution in [0, 0.1) is 0 Å². The van der Waals surface area contributed by atoms with Crippen LogP contribution in [0.5, 0.6) is 5.75 Å². The second-order valence-electron chi connectivity index (χ2n) is 6.98. The fourth-order valence-corrected chi connectivity index (χ4v) is 4.30. The van der Waals surface area contributed by atoms with Gasteiger partial charge in [0.1, 0.15) is 5.75 Å². The zero-order valence-corrected chi connectivity index (χ0v) is 17.5. The van der Waals surface area contributed by atoms with Gasteiger partial charge in [-0.3, -0.25) is 9.78 Å². The summed E-state index contributed by atoms with van der Waals surface area (Å²) in [7, 11) is 0. The van der Waals surface area contributed by atoms with E-state index in [1.54, 1.807) is 42.6 Å². The summed E-state index contributed by atoms with van der Waals surface area (Å²) >= 11 is 12.4. The normalized spacial score (nSPS) is 11.2. The minimum absolute atomic E-state index is 0.214. The van der Waals surface area contributed by atoms with Crippen LogP contribution in [0.4, 0.5) is 5.69 Å². The van der Waals surface area contributed by atoms with Crippen molar-refractivity contribution in [2.45, 2.75) is 0 Å². The summed E-state index contributed by atoms with van der Waals surface area (Å²) in [5.74, 6) is -0.189. The van der Waals surface area contributed by atoms with E-state index in [1.807, 2.05) is 41.1 Å². The molecular weight excluding hydrogens is 433 g/mol. The van der Waals surface area contributed by atoms with Crippen molar-refractivity contribution in [2.24, 2.45) is 0 Å². The van der Waals surface area contributed by atoms with Gasteiger partial charge >= 0.3 is 0 Å². The van der Waals surface area contributed by atoms with Gasteiger partial charge < -0.3 is 15.0 Å². The molecule has 0 unspecified atom stereocenters. The number of nitrogens with zero attached hydrogens (tertiary/aromatic N) is 2. The molecule has 0 aliphatic heterocycles. The Bertz CT molecular complexity index is 1460. The lowest BCUT2D eigenvalue weighted by atomic mass is 10.1. The van der Waals surface area contributed by atoms with Gasteiger partial charge in [0, 0.05) is 23.2 Å². The van der Waals surface area contributed by atoms with Gasteiger partial charge in [-0.05, 0) is 42.5 Å². The number of nitrogens with one attached hydrogen (secondary N) is 1. The van der Waals surface area contributed by atoms with Gasteiger partial charge in [-0.2, -0.15) is 0 Å². The highest BCUT2D eigenvalue weighted by Crippen LogP contribution is 2.32. The highest BCUT2D eigenvalue weighted by atomic mass is 35.5. The molecule has 0 atom stereocenters. The Morgan fingerprint density at radius 2 is 1.65 bits per heavy atom. The zero-order chi connectivity index (χ0) is 21.5. The maximum Gasteiger partial charge on any atom is 0.258 e. The van der Waals surface area contributed by atoms with Crippen LogP contribution in [0.25, 0.3) is 27.5 Å². The van der Waals surface area contributed by atoms with Crippen molar-refractivity contribution < 1.29 is 9.90 Å². The van der Waals surface area contributed by atoms with E-state index in [4.69, 9.17) is 23.2 Å². The van der Waals surface area contributed by atoms with Crippen LogP contribution in [-0.4, -0.2) is 20.6 Å². The highest BCUT2D eigenvalue weighted by molar-refractivity contribution is 6.40. The van der Waals surface area contributed by atoms with E-state index in [0.717, 1.165) is 22.0 Å². The number of amides is 1. The van der Waals surface area contributed by atoms with Crippen LogP contribution >= 0.6 is 23.2 Å². The van der Waals surface area contributed by atoms with E-state index >= 15 is 0 Å². The van der Waals surface area contributed by atoms with Gasteiger partial charge in [0.05, 0.1) is 38.0 Å². The SMILES string of the molecule is O=C(Nc1cccc2c(-n3ccc4c(O)cccc43)ccnc12)c1c(Cl)cccc1Cl. The lowest BCUT2D eigenvalue weighted by Gasteiger charge is -2.13. The van der Waals surface area contributed by atoms with Crippen molar-refractivity contribution >= 4 is 56.6 Å². The van der Waals surface area contributed by atoms with Crippen molar-refractivity contribution in [1.29, 1.82) is 0 Å². The molecule has 152 valence electrons. The Balaban J connectivity index is 1.63. The number of rotatable bonds is 3. The number of pyridine rings is 1. The largest absolute Gasteiger partial charge is 0.507 e. The van der Waals surface area contributed by atoms with Gasteiger partial charge in [-0.15, -0.1) is 0 Å². The predicted molar refractivity (Wildman–Crippen MR) is 125 cm³/mol. The number of aromatic nitrogens is 2. The second-order valence-corrected chi connectivity index (χ2v) is 7.79. The third kappa shape index (κ3) is 3.28. The first kappa shape index (κ1) is 19.4. The van der Waals surface area contributed by atoms with Crippen molar-refractivity contribution in [3.63, 3.8) is 0 Å². The van der Waals surface area contributed by atoms with E-state index < -0.39 is 5.91 Å². The average Bonchev–Trinajstić information content (AvgIpc) is 3.19. The molecule has 7 heteroatoms. The molecule has 3 aromatic carbocycles. The standard InChI is InChI=1S/C24H15Cl2N3O2/c25-16-5-2-6-17(26)22(16)24(31)28-18-7-1-4-15-20(10-12-27-23(15)18)29-13-11-14-19(29)8-3-9-21(14)30/h1-13,30H,(H,28,31). The molecule has 31 heavy (non-hydrogen) atoms. The molecule has 0 saturated heterocycles. The van der Waals surface area contributed by atoms with Gasteiger partial charge in [0.2, 0.25) is 0 Å². The molecule has 0 aliphatic carbocycles. The smallest absolute Gasteiger partial charge is 0.258 e. The molecule has 5 nitrogen and oxygen atoms in total. The van der Waals surface area contributed by atoms with Crippen LogP contribution in [0.1, 0.15) is 10.4 Å². The molecule has 1 amide bonds. The lowest BCUT2D eigenvalue weighted by Crippen LogP contribution is -2.13. The predicted octanol–water partition coefficient (Wildman–Crippen LogP) is 6.44. The Labute approximate surface area is 187 Å². The summed E-state index contributed by atoms with van der Waals surface area (Å²) in [5.41, 5.74) is 3.12. The van der Waals surface area contributed by atoms with Crippen LogP contribution in [0.3, 0.4) is 0 Å². The van der Waals surface area contributed by atoms with E-state index in [9.17, 15) is 9.90 Å². The number of halogens is 2. The van der Waals surface area contributed by atoms with Crippen molar-refractivity contribution in [1.82, 2.24) is 9.55 Å². The summed E-state index contributed by atoms with van der Waals surface area (Å²) in [5, 5.41) is 15.2. The van der Waals surface area contributed by atoms with E-state index in [0.29, 0.717) is 11.2 Å². The van der Waals surface area contributed by atoms with Gasteiger partial charge in [-0.1, -0.05) is 47.5 Å². The highest BCUT2D eigenvalue weighted by Gasteiger charge is 2.17. The number of para-hydroxylation sites is 1. The number of phenolic OH excluding ortho intramolecular Hbond substituents is 1. The fraction of sp³-hybridized carbons (Fsp3) is 0. The summed E-state index contributed by atoms with van der Waals surface area (Å²) in [6, 6.07) is 19.6. The molecule has 0 saturated carbocycles. The Hall–Kier alpha value is -3.54. The summed E-state index contributed by atoms with van der Waals surface area (Å²) in [6.07, 6.45) is 3.58. The van der Waals surface area contributed by atoms with Gasteiger partial charge in [0.15, 0.2) is 0 Å². The average molecular weight is 448 g/mol. The molecule has 0 bridgehead atoms. The third-order valence-electron chi connectivity index (χ3n) is 5.16. The van der Waals surface area contributed by atoms with Gasteiger partial charge in [0.25, 0.3) is 5.91 Å². The first-order valence-corrected chi connectivity index (χ1v) is 10.2. The molecule has 5 aromatic rings. The van der Waals surface area contributed by atoms with E-state index in [1.165, 1.54) is 0 Å². The molecule has 0 aliphatic rings. The number of carbonyl (C=O) groups is 1. The monoisotopic (exact) mass is 447 g/mol. The quantitative estimate of drug-likeness (QED) is 0.334. The molecule has 2 N–H and O–H groups in total. The molecule has 0 fully saturated rings. The number of hydrogen-bond donors (Lipinski definition) is 2. The first-order valence-electron chi connectivity index (χ1n) is 9.47. The lowest BCUT2D eigenvalue weighted by molar-refractivity contribution is 0.102. The molecule has 2 aromatic heterocycles. The molecule has 2 heterocycles. The van der Waals surface area contributed by atoms with E-state index in [-0.39, 0.29) is 21.4 Å². The van der Waals surface area contributed by atoms with Crippen molar-refractivity contribution in [2.75, 3.05) is 5.32 Å². The summed E-state index contributed by atoms with van der Waals surface area (Å²) < 4.78 is 1.98. The number of carbonyl (C=O) groups excluding carboxylic acids is 1. The maximum absolute atomic E-state index is 12.9. The van der Waals surface area contributed by atoms with Crippen LogP contribution < -0.4 is 5.32 Å². The minimum atomic E-state index is -0.411. The molecular formula is C24H15Cl2N3O2. The summed E-state index contributed by atoms with van der Waals surface area (Å²) in [4.78, 5) is 17.4. The first-order chi connectivity index (χ1) is 15.0. The van der Waals surface area contributed by atoms with Crippen molar-refractivity contribution in [3.05, 3.63) is 94.7 Å². The molecule has 5 rings (SSSR count). The number of benzene rings is 3. The third-order valence-corrected chi connectivity index (χ3v) is 5.79. The molecule has 0 radical (unpaired) electrons. The number of anilines is 1. The zero-order valence-electron chi connectivity index (χ0n) is 16.0. The number of fused-ring (bicyclic) bond motifs is 2. The van der Waals surface area contributed by atoms with Crippen molar-refractivity contribution in [3.8, 4) is 11.4 Å². The Morgan fingerprint density at radius 1 is 0.903 bits per heavy atom.